The Morgan fingerprint density at radius 1 is 1.26 bits per heavy atom. The van der Waals surface area contributed by atoms with Gasteiger partial charge in [-0.3, -0.25) is 0 Å². The molecule has 1 aliphatic rings. The van der Waals surface area contributed by atoms with Gasteiger partial charge < -0.3 is 14.8 Å². The Hall–Kier alpha value is -1.48. The van der Waals surface area contributed by atoms with Crippen LogP contribution in [0.1, 0.15) is 26.3 Å². The van der Waals surface area contributed by atoms with Gasteiger partial charge in [0.15, 0.2) is 11.5 Å². The highest BCUT2D eigenvalue weighted by Gasteiger charge is 2.10. The highest BCUT2D eigenvalue weighted by molar-refractivity contribution is 5.58. The minimum atomic E-state index is 0.634. The summed E-state index contributed by atoms with van der Waals surface area (Å²) in [6.07, 6.45) is 2.19. The average molecular weight is 261 g/mol. The van der Waals surface area contributed by atoms with Crippen molar-refractivity contribution in [2.75, 3.05) is 26.3 Å². The molecule has 19 heavy (non-hydrogen) atoms. The third-order valence-electron chi connectivity index (χ3n) is 2.94. The summed E-state index contributed by atoms with van der Waals surface area (Å²) in [6, 6.07) is 6.09. The lowest BCUT2D eigenvalue weighted by atomic mass is 10.1. The zero-order valence-corrected chi connectivity index (χ0v) is 12.0. The van der Waals surface area contributed by atoms with Crippen molar-refractivity contribution in [3.05, 3.63) is 29.3 Å². The molecule has 3 heteroatoms. The van der Waals surface area contributed by atoms with Gasteiger partial charge in [-0.05, 0) is 37.1 Å². The second-order valence-electron chi connectivity index (χ2n) is 5.42. The quantitative estimate of drug-likeness (QED) is 0.883. The topological polar surface area (TPSA) is 30.5 Å². The number of nitrogens with one attached hydrogen (secondary N) is 1. The summed E-state index contributed by atoms with van der Waals surface area (Å²) in [5.74, 6) is 2.38. The number of benzene rings is 1. The van der Waals surface area contributed by atoms with E-state index in [0.29, 0.717) is 19.1 Å². The van der Waals surface area contributed by atoms with Crippen LogP contribution in [0.15, 0.2) is 23.8 Å². The maximum Gasteiger partial charge on any atom is 0.161 e. The van der Waals surface area contributed by atoms with Crippen LogP contribution in [0.4, 0.5) is 0 Å². The maximum absolute atomic E-state index is 5.59. The van der Waals surface area contributed by atoms with Crippen molar-refractivity contribution in [3.8, 4) is 11.5 Å². The molecule has 0 unspecified atom stereocenters. The van der Waals surface area contributed by atoms with Gasteiger partial charge in [0.1, 0.15) is 13.2 Å². The standard InChI is InChI=1S/C16H23NO2/c1-12(2)10-17-11-13(3)8-14-4-5-15-16(9-14)19-7-6-18-15/h4-5,8-9,12,17H,6-7,10-11H2,1-3H3. The van der Waals surface area contributed by atoms with Crippen molar-refractivity contribution in [1.29, 1.82) is 0 Å². The first-order valence-corrected chi connectivity index (χ1v) is 6.92. The van der Waals surface area contributed by atoms with Gasteiger partial charge >= 0.3 is 0 Å². The van der Waals surface area contributed by atoms with E-state index in [1.54, 1.807) is 0 Å². The molecule has 0 bridgehead atoms. The fraction of sp³-hybridized carbons (Fsp3) is 0.500. The number of hydrogen-bond donors (Lipinski definition) is 1. The molecule has 0 atom stereocenters. The van der Waals surface area contributed by atoms with Crippen molar-refractivity contribution in [2.45, 2.75) is 20.8 Å². The Labute approximate surface area is 115 Å². The monoisotopic (exact) mass is 261 g/mol. The van der Waals surface area contributed by atoms with Crippen LogP contribution in [-0.2, 0) is 0 Å². The van der Waals surface area contributed by atoms with Crippen LogP contribution in [0.5, 0.6) is 11.5 Å². The highest BCUT2D eigenvalue weighted by atomic mass is 16.6. The molecule has 0 saturated heterocycles. The molecule has 0 aliphatic carbocycles. The van der Waals surface area contributed by atoms with Crippen molar-refractivity contribution >= 4 is 6.08 Å². The first kappa shape index (κ1) is 13.9. The van der Waals surface area contributed by atoms with E-state index in [1.165, 1.54) is 5.57 Å². The van der Waals surface area contributed by atoms with Crippen LogP contribution < -0.4 is 14.8 Å². The van der Waals surface area contributed by atoms with Gasteiger partial charge in [0.05, 0.1) is 0 Å². The lowest BCUT2D eigenvalue weighted by Gasteiger charge is -2.18. The molecular formula is C16H23NO2. The SMILES string of the molecule is CC(=Cc1ccc2c(c1)OCCO2)CNCC(C)C. The molecule has 1 N–H and O–H groups in total. The van der Waals surface area contributed by atoms with Gasteiger partial charge in [-0.2, -0.15) is 0 Å². The van der Waals surface area contributed by atoms with Crippen molar-refractivity contribution in [2.24, 2.45) is 5.92 Å². The van der Waals surface area contributed by atoms with Gasteiger partial charge in [-0.1, -0.05) is 31.6 Å². The van der Waals surface area contributed by atoms with E-state index in [9.17, 15) is 0 Å². The normalized spacial score (nSPS) is 14.8. The van der Waals surface area contributed by atoms with Crippen LogP contribution >= 0.6 is 0 Å². The molecule has 104 valence electrons. The van der Waals surface area contributed by atoms with Crippen LogP contribution in [0.2, 0.25) is 0 Å². The summed E-state index contributed by atoms with van der Waals surface area (Å²) < 4.78 is 11.1. The number of fused-ring (bicyclic) bond motifs is 1. The first-order chi connectivity index (χ1) is 9.15. The lowest BCUT2D eigenvalue weighted by Crippen LogP contribution is -2.21. The van der Waals surface area contributed by atoms with Crippen LogP contribution in [-0.4, -0.2) is 26.3 Å². The predicted octanol–water partition coefficient (Wildman–Crippen LogP) is 3.11. The molecule has 0 saturated carbocycles. The van der Waals surface area contributed by atoms with Gasteiger partial charge in [0.25, 0.3) is 0 Å². The predicted molar refractivity (Wildman–Crippen MR) is 78.8 cm³/mol. The molecule has 1 heterocycles. The van der Waals surface area contributed by atoms with E-state index in [0.717, 1.165) is 30.2 Å². The Balaban J connectivity index is 1.97. The van der Waals surface area contributed by atoms with Crippen LogP contribution in [0.3, 0.4) is 0 Å². The minimum absolute atomic E-state index is 0.634. The van der Waals surface area contributed by atoms with E-state index in [4.69, 9.17) is 9.47 Å². The summed E-state index contributed by atoms with van der Waals surface area (Å²) in [5, 5.41) is 3.44. The largest absolute Gasteiger partial charge is 0.486 e. The number of hydrogen-bond acceptors (Lipinski definition) is 3. The smallest absolute Gasteiger partial charge is 0.161 e. The number of ether oxygens (including phenoxy) is 2. The Morgan fingerprint density at radius 2 is 2.00 bits per heavy atom. The molecule has 1 aliphatic heterocycles. The van der Waals surface area contributed by atoms with Crippen molar-refractivity contribution in [1.82, 2.24) is 5.32 Å². The summed E-state index contributed by atoms with van der Waals surface area (Å²) in [6.45, 7) is 9.82. The third-order valence-corrected chi connectivity index (χ3v) is 2.94. The number of rotatable bonds is 5. The molecule has 0 amide bonds. The lowest BCUT2D eigenvalue weighted by molar-refractivity contribution is 0.171. The minimum Gasteiger partial charge on any atom is -0.486 e. The van der Waals surface area contributed by atoms with E-state index in [1.807, 2.05) is 12.1 Å². The van der Waals surface area contributed by atoms with E-state index >= 15 is 0 Å². The van der Waals surface area contributed by atoms with Gasteiger partial charge in [-0.25, -0.2) is 0 Å². The van der Waals surface area contributed by atoms with E-state index < -0.39 is 0 Å². The fourth-order valence-electron chi connectivity index (χ4n) is 2.04. The van der Waals surface area contributed by atoms with E-state index in [2.05, 4.69) is 38.2 Å². The highest BCUT2D eigenvalue weighted by Crippen LogP contribution is 2.31. The average Bonchev–Trinajstić information content (AvgIpc) is 2.38. The van der Waals surface area contributed by atoms with Crippen molar-refractivity contribution in [3.63, 3.8) is 0 Å². The molecule has 0 radical (unpaired) electrons. The summed E-state index contributed by atoms with van der Waals surface area (Å²) in [5.41, 5.74) is 2.48. The van der Waals surface area contributed by atoms with Gasteiger partial charge in [-0.15, -0.1) is 0 Å². The van der Waals surface area contributed by atoms with Gasteiger partial charge in [0.2, 0.25) is 0 Å². The second kappa shape index (κ2) is 6.62. The molecule has 0 fully saturated rings. The molecule has 0 aromatic heterocycles. The molecular weight excluding hydrogens is 238 g/mol. The first-order valence-electron chi connectivity index (χ1n) is 6.92. The van der Waals surface area contributed by atoms with E-state index in [-0.39, 0.29) is 0 Å². The molecule has 0 spiro atoms. The zero-order valence-electron chi connectivity index (χ0n) is 12.0. The summed E-state index contributed by atoms with van der Waals surface area (Å²) in [4.78, 5) is 0. The van der Waals surface area contributed by atoms with Crippen LogP contribution in [0.25, 0.3) is 6.08 Å². The molecule has 2 rings (SSSR count). The summed E-state index contributed by atoms with van der Waals surface area (Å²) in [7, 11) is 0. The zero-order chi connectivity index (χ0) is 13.7. The maximum atomic E-state index is 5.59. The Bertz CT molecular complexity index is 452. The van der Waals surface area contributed by atoms with Crippen molar-refractivity contribution < 1.29 is 9.47 Å². The Morgan fingerprint density at radius 3 is 2.74 bits per heavy atom. The van der Waals surface area contributed by atoms with Crippen LogP contribution in [0, 0.1) is 5.92 Å². The summed E-state index contributed by atoms with van der Waals surface area (Å²) >= 11 is 0. The Kier molecular flexibility index (Phi) is 4.86. The molecule has 1 aromatic rings. The fourth-order valence-corrected chi connectivity index (χ4v) is 2.04. The second-order valence-corrected chi connectivity index (χ2v) is 5.42. The molecule has 1 aromatic carbocycles. The van der Waals surface area contributed by atoms with Gasteiger partial charge in [0, 0.05) is 6.54 Å². The third kappa shape index (κ3) is 4.28. The molecule has 3 nitrogen and oxygen atoms in total.